The molecule has 2 aromatic rings. The fraction of sp³-hybridized carbons (Fsp3) is 0.391. The Morgan fingerprint density at radius 1 is 1.03 bits per heavy atom. The van der Waals surface area contributed by atoms with Crippen LogP contribution in [0.15, 0.2) is 54.6 Å². The molecule has 2 unspecified atom stereocenters. The molecule has 0 aliphatic rings. The Hall–Kier alpha value is -2.83. The summed E-state index contributed by atoms with van der Waals surface area (Å²) >= 11 is 0. The molecule has 7 heteroatoms. The van der Waals surface area contributed by atoms with Gasteiger partial charge < -0.3 is 10.2 Å². The van der Waals surface area contributed by atoms with Crippen LogP contribution in [0.1, 0.15) is 44.2 Å². The quantitative estimate of drug-likeness (QED) is 0.625. The molecule has 162 valence electrons. The molecule has 0 heterocycles. The van der Waals surface area contributed by atoms with Gasteiger partial charge in [0.15, 0.2) is 0 Å². The SMILES string of the molecule is CCC(C)C(C(=O)Nc1cccc(CN(CC)C(=O)C(F)(F)F)c1)c1ccccc1. The molecule has 2 rings (SSSR count). The predicted octanol–water partition coefficient (Wildman–Crippen LogP) is 5.37. The maximum Gasteiger partial charge on any atom is 0.471 e. The lowest BCUT2D eigenvalue weighted by atomic mass is 9.85. The van der Waals surface area contributed by atoms with Gasteiger partial charge in [0, 0.05) is 18.8 Å². The molecule has 1 N–H and O–H groups in total. The van der Waals surface area contributed by atoms with Crippen molar-refractivity contribution in [3.05, 3.63) is 65.7 Å². The van der Waals surface area contributed by atoms with Gasteiger partial charge in [-0.05, 0) is 36.1 Å². The molecule has 2 atom stereocenters. The second-order valence-corrected chi connectivity index (χ2v) is 7.28. The number of hydrogen-bond donors (Lipinski definition) is 1. The van der Waals surface area contributed by atoms with Crippen LogP contribution in [0.2, 0.25) is 0 Å². The molecule has 2 amide bonds. The summed E-state index contributed by atoms with van der Waals surface area (Å²) in [4.78, 5) is 25.3. The van der Waals surface area contributed by atoms with Crippen LogP contribution in [-0.4, -0.2) is 29.4 Å². The average molecular weight is 420 g/mol. The number of alkyl halides is 3. The van der Waals surface area contributed by atoms with Gasteiger partial charge in [-0.1, -0.05) is 62.7 Å². The summed E-state index contributed by atoms with van der Waals surface area (Å²) in [6.45, 7) is 5.26. The number of amides is 2. The third kappa shape index (κ3) is 6.08. The van der Waals surface area contributed by atoms with E-state index in [1.54, 1.807) is 24.3 Å². The van der Waals surface area contributed by atoms with Crippen LogP contribution in [0.5, 0.6) is 0 Å². The lowest BCUT2D eigenvalue weighted by Gasteiger charge is -2.24. The third-order valence-corrected chi connectivity index (χ3v) is 5.13. The molecule has 0 radical (unpaired) electrons. The molecule has 0 bridgehead atoms. The highest BCUT2D eigenvalue weighted by Gasteiger charge is 2.41. The van der Waals surface area contributed by atoms with Crippen LogP contribution in [0.25, 0.3) is 0 Å². The number of hydrogen-bond acceptors (Lipinski definition) is 2. The lowest BCUT2D eigenvalue weighted by Crippen LogP contribution is -2.40. The Bertz CT molecular complexity index is 853. The van der Waals surface area contributed by atoms with Gasteiger partial charge in [-0.15, -0.1) is 0 Å². The standard InChI is InChI=1S/C23H27F3N2O2/c1-4-16(3)20(18-11-7-6-8-12-18)21(29)27-19-13-9-10-17(14-19)15-28(5-2)22(30)23(24,25)26/h6-14,16,20H,4-5,15H2,1-3H3,(H,27,29). The van der Waals surface area contributed by atoms with Gasteiger partial charge >= 0.3 is 12.1 Å². The molecule has 0 aromatic heterocycles. The van der Waals surface area contributed by atoms with Crippen LogP contribution >= 0.6 is 0 Å². The van der Waals surface area contributed by atoms with Gasteiger partial charge in [0.05, 0.1) is 5.92 Å². The molecular weight excluding hydrogens is 393 g/mol. The first-order valence-corrected chi connectivity index (χ1v) is 9.98. The van der Waals surface area contributed by atoms with Crippen molar-refractivity contribution in [2.45, 2.75) is 45.8 Å². The Morgan fingerprint density at radius 3 is 2.27 bits per heavy atom. The molecule has 0 aliphatic heterocycles. The fourth-order valence-electron chi connectivity index (χ4n) is 3.33. The summed E-state index contributed by atoms with van der Waals surface area (Å²) in [5.41, 5.74) is 1.90. The molecular formula is C23H27F3N2O2. The number of carbonyl (C=O) groups excluding carboxylic acids is 2. The molecule has 2 aromatic carbocycles. The molecule has 4 nitrogen and oxygen atoms in total. The highest BCUT2D eigenvalue weighted by Crippen LogP contribution is 2.29. The molecule has 0 fully saturated rings. The first-order chi connectivity index (χ1) is 14.2. The van der Waals surface area contributed by atoms with E-state index in [4.69, 9.17) is 0 Å². The maximum absolute atomic E-state index is 13.0. The number of nitrogens with zero attached hydrogens (tertiary/aromatic N) is 1. The van der Waals surface area contributed by atoms with Crippen LogP contribution in [0, 0.1) is 5.92 Å². The predicted molar refractivity (Wildman–Crippen MR) is 111 cm³/mol. The van der Waals surface area contributed by atoms with E-state index in [1.165, 1.54) is 6.92 Å². The van der Waals surface area contributed by atoms with Crippen molar-refractivity contribution in [3.8, 4) is 0 Å². The fourth-order valence-corrected chi connectivity index (χ4v) is 3.33. The minimum Gasteiger partial charge on any atom is -0.331 e. The van der Waals surface area contributed by atoms with E-state index >= 15 is 0 Å². The summed E-state index contributed by atoms with van der Waals surface area (Å²) in [5, 5.41) is 2.88. The Kier molecular flexibility index (Phi) is 8.03. The van der Waals surface area contributed by atoms with Gasteiger partial charge in [0.2, 0.25) is 5.91 Å². The summed E-state index contributed by atoms with van der Waals surface area (Å²) in [6.07, 6.45) is -4.10. The van der Waals surface area contributed by atoms with Crippen molar-refractivity contribution < 1.29 is 22.8 Å². The Morgan fingerprint density at radius 2 is 1.70 bits per heavy atom. The molecule has 0 saturated heterocycles. The molecule has 0 saturated carbocycles. The molecule has 30 heavy (non-hydrogen) atoms. The second kappa shape index (κ2) is 10.3. The molecule has 0 spiro atoms. The topological polar surface area (TPSA) is 49.4 Å². The zero-order chi connectivity index (χ0) is 22.3. The Labute approximate surface area is 175 Å². The van der Waals surface area contributed by atoms with Crippen molar-refractivity contribution in [2.75, 3.05) is 11.9 Å². The average Bonchev–Trinajstić information content (AvgIpc) is 2.72. The maximum atomic E-state index is 13.0. The number of anilines is 1. The summed E-state index contributed by atoms with van der Waals surface area (Å²) < 4.78 is 38.3. The van der Waals surface area contributed by atoms with E-state index in [2.05, 4.69) is 5.32 Å². The van der Waals surface area contributed by atoms with Crippen molar-refractivity contribution in [2.24, 2.45) is 5.92 Å². The first-order valence-electron chi connectivity index (χ1n) is 9.98. The number of benzene rings is 2. The third-order valence-electron chi connectivity index (χ3n) is 5.13. The van der Waals surface area contributed by atoms with E-state index in [9.17, 15) is 22.8 Å². The van der Waals surface area contributed by atoms with E-state index in [1.807, 2.05) is 44.2 Å². The number of halogens is 3. The smallest absolute Gasteiger partial charge is 0.331 e. The number of nitrogens with one attached hydrogen (secondary N) is 1. The van der Waals surface area contributed by atoms with Gasteiger partial charge in [0.25, 0.3) is 0 Å². The summed E-state index contributed by atoms with van der Waals surface area (Å²) in [5.74, 6) is -2.29. The van der Waals surface area contributed by atoms with Crippen LogP contribution in [-0.2, 0) is 16.1 Å². The van der Waals surface area contributed by atoms with Crippen molar-refractivity contribution in [1.82, 2.24) is 4.90 Å². The van der Waals surface area contributed by atoms with Crippen molar-refractivity contribution in [3.63, 3.8) is 0 Å². The monoisotopic (exact) mass is 420 g/mol. The minimum atomic E-state index is -4.92. The van der Waals surface area contributed by atoms with Gasteiger partial charge in [-0.25, -0.2) is 0 Å². The normalized spacial score (nSPS) is 13.4. The minimum absolute atomic E-state index is 0.0704. The highest BCUT2D eigenvalue weighted by atomic mass is 19.4. The van der Waals surface area contributed by atoms with E-state index in [0.29, 0.717) is 11.3 Å². The van der Waals surface area contributed by atoms with Crippen LogP contribution < -0.4 is 5.32 Å². The molecule has 0 aliphatic carbocycles. The highest BCUT2D eigenvalue weighted by molar-refractivity contribution is 5.96. The zero-order valence-corrected chi connectivity index (χ0v) is 17.4. The largest absolute Gasteiger partial charge is 0.471 e. The van der Waals surface area contributed by atoms with Gasteiger partial charge in [-0.2, -0.15) is 13.2 Å². The zero-order valence-electron chi connectivity index (χ0n) is 17.4. The van der Waals surface area contributed by atoms with Gasteiger partial charge in [0.1, 0.15) is 0 Å². The van der Waals surface area contributed by atoms with Crippen molar-refractivity contribution >= 4 is 17.5 Å². The van der Waals surface area contributed by atoms with E-state index < -0.39 is 12.1 Å². The van der Waals surface area contributed by atoms with Gasteiger partial charge in [-0.3, -0.25) is 9.59 Å². The van der Waals surface area contributed by atoms with E-state index in [-0.39, 0.29) is 30.8 Å². The summed E-state index contributed by atoms with van der Waals surface area (Å²) in [7, 11) is 0. The van der Waals surface area contributed by atoms with Crippen molar-refractivity contribution in [1.29, 1.82) is 0 Å². The number of rotatable bonds is 8. The van der Waals surface area contributed by atoms with E-state index in [0.717, 1.165) is 16.9 Å². The first kappa shape index (κ1) is 23.4. The summed E-state index contributed by atoms with van der Waals surface area (Å²) in [6, 6.07) is 16.0. The Balaban J connectivity index is 2.19. The van der Waals surface area contributed by atoms with Crippen LogP contribution in [0.4, 0.5) is 18.9 Å². The van der Waals surface area contributed by atoms with Crippen LogP contribution in [0.3, 0.4) is 0 Å². The second-order valence-electron chi connectivity index (χ2n) is 7.28. The lowest BCUT2D eigenvalue weighted by molar-refractivity contribution is -0.185. The number of carbonyl (C=O) groups is 2.